The molecule has 0 radical (unpaired) electrons. The first-order valence-corrected chi connectivity index (χ1v) is 8.20. The quantitative estimate of drug-likeness (QED) is 0.527. The number of nitrogens with two attached hydrogens (primary N) is 2. The van der Waals surface area contributed by atoms with Gasteiger partial charge in [0.1, 0.15) is 23.9 Å². The largest absolute Gasteiger partial charge is 0.506 e. The first kappa shape index (κ1) is 18.9. The van der Waals surface area contributed by atoms with Gasteiger partial charge in [-0.05, 0) is 12.0 Å². The van der Waals surface area contributed by atoms with Crippen LogP contribution in [0.1, 0.15) is 12.0 Å². The predicted molar refractivity (Wildman–Crippen MR) is 87.5 cm³/mol. The van der Waals surface area contributed by atoms with E-state index in [0.717, 1.165) is 0 Å². The van der Waals surface area contributed by atoms with Crippen LogP contribution < -0.4 is 11.5 Å². The highest BCUT2D eigenvalue weighted by molar-refractivity contribution is 5.88. The average molecular weight is 382 g/mol. The number of ether oxygens (including phenoxy) is 2. The second-order valence-corrected chi connectivity index (χ2v) is 6.90. The number of primary amides is 1. The minimum atomic E-state index is -1.99. The summed E-state index contributed by atoms with van der Waals surface area (Å²) in [6, 6.07) is 8.47. The van der Waals surface area contributed by atoms with Crippen LogP contribution in [-0.4, -0.2) is 52.3 Å². The maximum Gasteiger partial charge on any atom is 0.506 e. The van der Waals surface area contributed by atoms with Gasteiger partial charge in [-0.2, -0.15) is 0 Å². The summed E-state index contributed by atoms with van der Waals surface area (Å²) in [5.41, 5.74) is 8.80. The van der Waals surface area contributed by atoms with Gasteiger partial charge in [0, 0.05) is 12.3 Å². The van der Waals surface area contributed by atoms with E-state index in [1.165, 1.54) is 0 Å². The SMILES string of the molecule is NC(=O)[C@](N)(Cc1ccccc1)[C@@]12C(OC(=O)O)[C@@H](F)C[C@H]1[C@@H]2OC(=O)O. The van der Waals surface area contributed by atoms with Gasteiger partial charge in [-0.1, -0.05) is 30.3 Å². The standard InChI is InChI=1S/C17H19FN2O7/c18-10-6-9-11(26-14(22)23)17(9,12(10)27-15(24)25)16(20,13(19)21)7-8-4-2-1-3-5-8/h1-5,9-12H,6-7,20H2,(H2,19,21)(H,22,23)(H,24,25)/t9-,10-,11-,12?,16+,17-/m0/s1. The Morgan fingerprint density at radius 1 is 1.15 bits per heavy atom. The normalized spacial score (nSPS) is 33.4. The van der Waals surface area contributed by atoms with E-state index in [4.69, 9.17) is 31.2 Å². The number of carbonyl (C=O) groups is 3. The summed E-state index contributed by atoms with van der Waals surface area (Å²) in [5.74, 6) is -1.85. The van der Waals surface area contributed by atoms with Crippen LogP contribution in [-0.2, 0) is 20.7 Å². The zero-order chi connectivity index (χ0) is 20.0. The Kier molecular flexibility index (Phi) is 4.46. The maximum absolute atomic E-state index is 14.5. The first-order chi connectivity index (χ1) is 12.6. The summed E-state index contributed by atoms with van der Waals surface area (Å²) in [4.78, 5) is 34.5. The van der Waals surface area contributed by atoms with E-state index in [1.54, 1.807) is 30.3 Å². The number of carboxylic acid groups (broad SMARTS) is 2. The topological polar surface area (TPSA) is 162 Å². The third kappa shape index (κ3) is 2.76. The number of carbonyl (C=O) groups excluding carboxylic acids is 1. The average Bonchev–Trinajstić information content (AvgIpc) is 3.08. The molecule has 146 valence electrons. The van der Waals surface area contributed by atoms with Crippen molar-refractivity contribution in [3.8, 4) is 0 Å². The number of halogens is 1. The van der Waals surface area contributed by atoms with Crippen LogP contribution in [0.4, 0.5) is 14.0 Å². The molecule has 0 aromatic heterocycles. The molecule has 9 nitrogen and oxygen atoms in total. The Hall–Kier alpha value is -2.88. The monoisotopic (exact) mass is 382 g/mol. The number of hydrogen-bond acceptors (Lipinski definition) is 6. The van der Waals surface area contributed by atoms with Crippen LogP contribution in [0.5, 0.6) is 0 Å². The van der Waals surface area contributed by atoms with Gasteiger partial charge in [0.15, 0.2) is 0 Å². The summed E-state index contributed by atoms with van der Waals surface area (Å²) >= 11 is 0. The third-order valence-corrected chi connectivity index (χ3v) is 5.61. The number of benzene rings is 1. The molecule has 0 aliphatic heterocycles. The van der Waals surface area contributed by atoms with Gasteiger partial charge in [-0.15, -0.1) is 0 Å². The van der Waals surface area contributed by atoms with E-state index < -0.39 is 53.5 Å². The lowest BCUT2D eigenvalue weighted by Gasteiger charge is -2.39. The van der Waals surface area contributed by atoms with Crippen molar-refractivity contribution in [3.63, 3.8) is 0 Å². The Morgan fingerprint density at radius 3 is 2.22 bits per heavy atom. The van der Waals surface area contributed by atoms with Crippen molar-refractivity contribution in [3.05, 3.63) is 35.9 Å². The number of amides is 1. The van der Waals surface area contributed by atoms with Gasteiger partial charge in [0.2, 0.25) is 5.91 Å². The fourth-order valence-corrected chi connectivity index (χ4v) is 4.58. The second kappa shape index (κ2) is 6.38. The van der Waals surface area contributed by atoms with E-state index in [-0.39, 0.29) is 12.8 Å². The summed E-state index contributed by atoms with van der Waals surface area (Å²) in [5, 5.41) is 18.0. The Bertz CT molecular complexity index is 776. The molecule has 6 N–H and O–H groups in total. The van der Waals surface area contributed by atoms with Gasteiger partial charge < -0.3 is 31.2 Å². The summed E-state index contributed by atoms with van der Waals surface area (Å²) < 4.78 is 24.0. The minimum Gasteiger partial charge on any atom is -0.450 e. The Balaban J connectivity index is 2.08. The fraction of sp³-hybridized carbons (Fsp3) is 0.471. The summed E-state index contributed by atoms with van der Waals surface area (Å²) in [7, 11) is 0. The lowest BCUT2D eigenvalue weighted by Crippen LogP contribution is -2.65. The van der Waals surface area contributed by atoms with Crippen molar-refractivity contribution in [1.82, 2.24) is 0 Å². The molecule has 10 heteroatoms. The molecule has 1 aromatic carbocycles. The fourth-order valence-electron chi connectivity index (χ4n) is 4.58. The van der Waals surface area contributed by atoms with Crippen molar-refractivity contribution in [1.29, 1.82) is 0 Å². The van der Waals surface area contributed by atoms with Crippen LogP contribution >= 0.6 is 0 Å². The van der Waals surface area contributed by atoms with Gasteiger partial charge in [0.05, 0.1) is 5.41 Å². The van der Waals surface area contributed by atoms with Gasteiger partial charge >= 0.3 is 12.3 Å². The second-order valence-electron chi connectivity index (χ2n) is 6.90. The molecule has 6 atom stereocenters. The van der Waals surface area contributed by atoms with Gasteiger partial charge in [-0.3, -0.25) is 4.79 Å². The smallest absolute Gasteiger partial charge is 0.450 e. The molecule has 0 bridgehead atoms. The third-order valence-electron chi connectivity index (χ3n) is 5.61. The maximum atomic E-state index is 14.5. The molecule has 2 aliphatic rings. The molecular weight excluding hydrogens is 363 g/mol. The highest BCUT2D eigenvalue weighted by atomic mass is 19.1. The van der Waals surface area contributed by atoms with Crippen LogP contribution in [0.15, 0.2) is 30.3 Å². The molecular formula is C17H19FN2O7. The van der Waals surface area contributed by atoms with E-state index in [9.17, 15) is 18.8 Å². The lowest BCUT2D eigenvalue weighted by molar-refractivity contribution is -0.131. The van der Waals surface area contributed by atoms with Gasteiger partial charge in [0.25, 0.3) is 0 Å². The molecule has 1 amide bonds. The number of alkyl halides is 1. The van der Waals surface area contributed by atoms with Crippen LogP contribution in [0.2, 0.25) is 0 Å². The molecule has 1 aromatic rings. The van der Waals surface area contributed by atoms with Crippen LogP contribution in [0, 0.1) is 11.3 Å². The van der Waals surface area contributed by atoms with Crippen molar-refractivity contribution in [2.75, 3.05) is 0 Å². The predicted octanol–water partition coefficient (Wildman–Crippen LogP) is 0.896. The minimum absolute atomic E-state index is 0.161. The van der Waals surface area contributed by atoms with Crippen LogP contribution in [0.3, 0.4) is 0 Å². The highest BCUT2D eigenvalue weighted by Crippen LogP contribution is 2.71. The molecule has 3 rings (SSSR count). The van der Waals surface area contributed by atoms with E-state index in [0.29, 0.717) is 5.56 Å². The van der Waals surface area contributed by atoms with Crippen molar-refractivity contribution < 1.29 is 38.5 Å². The zero-order valence-corrected chi connectivity index (χ0v) is 14.1. The number of fused-ring (bicyclic) bond motifs is 1. The molecule has 27 heavy (non-hydrogen) atoms. The molecule has 0 saturated heterocycles. The van der Waals surface area contributed by atoms with Crippen molar-refractivity contribution >= 4 is 18.2 Å². The molecule has 0 heterocycles. The molecule has 2 saturated carbocycles. The molecule has 2 aliphatic carbocycles. The van der Waals surface area contributed by atoms with Crippen molar-refractivity contribution in [2.45, 2.75) is 36.8 Å². The summed E-state index contributed by atoms with van der Waals surface area (Å²) in [6.07, 6.45) is -8.47. The number of rotatable bonds is 6. The Labute approximate surface area is 153 Å². The number of hydrogen-bond donors (Lipinski definition) is 4. The van der Waals surface area contributed by atoms with E-state index in [1.807, 2.05) is 0 Å². The van der Waals surface area contributed by atoms with Crippen molar-refractivity contribution in [2.24, 2.45) is 22.8 Å². The molecule has 2 fully saturated rings. The molecule has 0 spiro atoms. The Morgan fingerprint density at radius 2 is 1.70 bits per heavy atom. The van der Waals surface area contributed by atoms with E-state index in [2.05, 4.69) is 0 Å². The first-order valence-electron chi connectivity index (χ1n) is 8.20. The van der Waals surface area contributed by atoms with E-state index >= 15 is 0 Å². The van der Waals surface area contributed by atoms with Crippen LogP contribution in [0.25, 0.3) is 0 Å². The summed E-state index contributed by atoms with van der Waals surface area (Å²) in [6.45, 7) is 0. The highest BCUT2D eigenvalue weighted by Gasteiger charge is 2.86. The zero-order valence-electron chi connectivity index (χ0n) is 14.1. The lowest BCUT2D eigenvalue weighted by atomic mass is 9.72. The van der Waals surface area contributed by atoms with Gasteiger partial charge in [-0.25, -0.2) is 14.0 Å². The molecule has 1 unspecified atom stereocenters.